The molecule has 6 saturated carbocycles. The Balaban J connectivity index is 1.44. The summed E-state index contributed by atoms with van der Waals surface area (Å²) in [4.78, 5) is 53.9. The van der Waals surface area contributed by atoms with Crippen molar-refractivity contribution in [2.24, 2.45) is 94.7 Å². The van der Waals surface area contributed by atoms with Gasteiger partial charge < -0.3 is 9.47 Å². The van der Waals surface area contributed by atoms with Gasteiger partial charge in [-0.2, -0.15) is 0 Å². The monoisotopic (exact) mass is 406 g/mol. The molecule has 6 nitrogen and oxygen atoms in total. The molecular weight excluding hydrogens is 384 g/mol. The molecule has 0 bridgehead atoms. The van der Waals surface area contributed by atoms with E-state index < -0.39 is 0 Å². The van der Waals surface area contributed by atoms with Crippen molar-refractivity contribution < 1.29 is 28.7 Å². The van der Waals surface area contributed by atoms with Gasteiger partial charge in [0.15, 0.2) is 0 Å². The Morgan fingerprint density at radius 3 is 1.43 bits per heavy atom. The number of methoxy groups -OCH3 is 2. The number of carbonyl (C=O) groups excluding carboxylic acids is 4. The van der Waals surface area contributed by atoms with E-state index in [2.05, 4.69) is 0 Å². The van der Waals surface area contributed by atoms with Crippen molar-refractivity contribution in [1.82, 2.24) is 0 Å². The van der Waals surface area contributed by atoms with Gasteiger partial charge in [0.1, 0.15) is 11.6 Å². The minimum absolute atomic E-state index is 0.00310. The molecule has 30 heavy (non-hydrogen) atoms. The summed E-state index contributed by atoms with van der Waals surface area (Å²) >= 11 is 0. The quantitative estimate of drug-likeness (QED) is 0.497. The number of ether oxygens (including phenoxy) is 2. The molecule has 0 aliphatic heterocycles. The summed E-state index contributed by atoms with van der Waals surface area (Å²) in [5.74, 6) is 0.607. The maximum atomic E-state index is 13.8. The molecule has 6 fully saturated rings. The van der Waals surface area contributed by atoms with E-state index in [-0.39, 0.29) is 107 Å². The molecule has 0 aromatic heterocycles. The number of Topliss-reactive ketones (excluding diaryl/α,β-unsaturated/α-hetero) is 2. The van der Waals surface area contributed by atoms with Gasteiger partial charge in [0.2, 0.25) is 0 Å². The lowest BCUT2D eigenvalue weighted by atomic mass is 9.66. The number of fused-ring (bicyclic) bond motifs is 9. The average molecular weight is 406 g/mol. The molecule has 154 valence electrons. The van der Waals surface area contributed by atoms with Crippen LogP contribution in [0.5, 0.6) is 0 Å². The van der Waals surface area contributed by atoms with Crippen LogP contribution in [0.3, 0.4) is 0 Å². The highest BCUT2D eigenvalue weighted by atomic mass is 16.5. The second-order valence-corrected chi connectivity index (χ2v) is 11.5. The minimum atomic E-state index is -0.195. The summed E-state index contributed by atoms with van der Waals surface area (Å²) in [6, 6.07) is 0. The Hall–Kier alpha value is -1.98. The van der Waals surface area contributed by atoms with Crippen molar-refractivity contribution in [3.63, 3.8) is 0 Å². The van der Waals surface area contributed by atoms with Crippen LogP contribution in [-0.4, -0.2) is 37.7 Å². The van der Waals surface area contributed by atoms with Crippen molar-refractivity contribution in [1.29, 1.82) is 0 Å². The Labute approximate surface area is 172 Å². The number of hydrogen-bond donors (Lipinski definition) is 0. The third-order valence-electron chi connectivity index (χ3n) is 11.9. The highest BCUT2D eigenvalue weighted by Gasteiger charge is 2.89. The van der Waals surface area contributed by atoms with E-state index in [1.54, 1.807) is 0 Å². The van der Waals surface area contributed by atoms with Gasteiger partial charge in [-0.3, -0.25) is 19.2 Å². The van der Waals surface area contributed by atoms with Crippen molar-refractivity contribution in [3.05, 3.63) is 11.1 Å². The predicted molar refractivity (Wildman–Crippen MR) is 96.9 cm³/mol. The fourth-order valence-corrected chi connectivity index (χ4v) is 12.3. The van der Waals surface area contributed by atoms with Gasteiger partial charge in [0.05, 0.1) is 26.1 Å². The van der Waals surface area contributed by atoms with Crippen molar-refractivity contribution in [2.75, 3.05) is 14.2 Å². The fourth-order valence-electron chi connectivity index (χ4n) is 12.3. The standard InChI is InChI=1S/C24H22O6/c1-29-23(27)19-9-3-4-10(19)6-8-12(4)20(24(28)30-2)11(3)7-5(9)15-13-14(16(6)21(15)25)18(8)22(26)17(7)13/h3-5,7,9-20H,1-2H3. The Kier molecular flexibility index (Phi) is 2.21. The van der Waals surface area contributed by atoms with Gasteiger partial charge in [-0.25, -0.2) is 0 Å². The molecule has 0 amide bonds. The molecule has 12 unspecified atom stereocenters. The Morgan fingerprint density at radius 1 is 0.567 bits per heavy atom. The summed E-state index contributed by atoms with van der Waals surface area (Å²) in [5, 5.41) is 0. The highest BCUT2D eigenvalue weighted by Crippen LogP contribution is 2.88. The highest BCUT2D eigenvalue weighted by molar-refractivity contribution is 6.03. The SMILES string of the molecule is COC(=O)C1C2C3=C4C5C(=O)C6C7C(C(=O)C3C57)C3C6C5C(C(=O)OC)C4C2C5C13. The molecule has 0 aromatic rings. The largest absolute Gasteiger partial charge is 0.469 e. The number of esters is 2. The third-order valence-corrected chi connectivity index (χ3v) is 11.9. The molecule has 12 atom stereocenters. The molecule has 8 aliphatic rings. The van der Waals surface area contributed by atoms with Gasteiger partial charge in [-0.05, 0) is 59.2 Å². The Bertz CT molecular complexity index is 1010. The summed E-state index contributed by atoms with van der Waals surface area (Å²) < 4.78 is 10.7. The second-order valence-electron chi connectivity index (χ2n) is 11.5. The molecule has 6 heteroatoms. The Morgan fingerprint density at radius 2 is 1.00 bits per heavy atom. The first kappa shape index (κ1) is 15.8. The first-order valence-corrected chi connectivity index (χ1v) is 11.5. The van der Waals surface area contributed by atoms with Crippen molar-refractivity contribution in [3.8, 4) is 0 Å². The van der Waals surface area contributed by atoms with Crippen LogP contribution in [0.15, 0.2) is 11.1 Å². The fraction of sp³-hybridized carbons (Fsp3) is 0.750. The molecule has 0 heterocycles. The van der Waals surface area contributed by atoms with Gasteiger partial charge in [0.25, 0.3) is 0 Å². The van der Waals surface area contributed by atoms with Crippen LogP contribution in [0, 0.1) is 94.7 Å². The van der Waals surface area contributed by atoms with E-state index in [9.17, 15) is 19.2 Å². The summed E-state index contributed by atoms with van der Waals surface area (Å²) in [5.41, 5.74) is 2.25. The number of hydrogen-bond acceptors (Lipinski definition) is 6. The lowest BCUT2D eigenvalue weighted by molar-refractivity contribution is -0.150. The van der Waals surface area contributed by atoms with E-state index >= 15 is 0 Å². The van der Waals surface area contributed by atoms with Crippen LogP contribution in [0.25, 0.3) is 0 Å². The predicted octanol–water partition coefficient (Wildman–Crippen LogP) is 0.749. The normalized spacial score (nSPS) is 64.6. The maximum absolute atomic E-state index is 13.8. The van der Waals surface area contributed by atoms with Crippen molar-refractivity contribution in [2.45, 2.75) is 0 Å². The lowest BCUT2D eigenvalue weighted by Crippen LogP contribution is -2.40. The first-order valence-electron chi connectivity index (χ1n) is 11.5. The van der Waals surface area contributed by atoms with Crippen LogP contribution >= 0.6 is 0 Å². The zero-order valence-corrected chi connectivity index (χ0v) is 16.7. The van der Waals surface area contributed by atoms with E-state index in [0.717, 1.165) is 11.1 Å². The average Bonchev–Trinajstić information content (AvgIpc) is 3.51. The lowest BCUT2D eigenvalue weighted by Gasteiger charge is -2.36. The second kappa shape index (κ2) is 4.20. The molecule has 0 spiro atoms. The number of allylic oxidation sites excluding steroid dienone is 2. The molecule has 0 saturated heterocycles. The van der Waals surface area contributed by atoms with Gasteiger partial charge in [-0.15, -0.1) is 0 Å². The molecule has 0 aromatic carbocycles. The molecule has 8 aliphatic carbocycles. The topological polar surface area (TPSA) is 86.7 Å². The number of rotatable bonds is 2. The van der Waals surface area contributed by atoms with E-state index in [0.29, 0.717) is 11.6 Å². The van der Waals surface area contributed by atoms with E-state index in [1.807, 2.05) is 0 Å². The molecule has 8 rings (SSSR count). The summed E-state index contributed by atoms with van der Waals surface area (Å²) in [7, 11) is 2.95. The maximum Gasteiger partial charge on any atom is 0.309 e. The summed E-state index contributed by atoms with van der Waals surface area (Å²) in [6.07, 6.45) is 0. The van der Waals surface area contributed by atoms with Gasteiger partial charge >= 0.3 is 11.9 Å². The van der Waals surface area contributed by atoms with Crippen LogP contribution in [0.4, 0.5) is 0 Å². The molecule has 0 N–H and O–H groups in total. The molecular formula is C24H22O6. The minimum Gasteiger partial charge on any atom is -0.469 e. The number of carbonyl (C=O) groups is 4. The third kappa shape index (κ3) is 1.09. The van der Waals surface area contributed by atoms with E-state index in [1.165, 1.54) is 14.2 Å². The van der Waals surface area contributed by atoms with Crippen LogP contribution in [0.2, 0.25) is 0 Å². The van der Waals surface area contributed by atoms with Crippen LogP contribution < -0.4 is 0 Å². The smallest absolute Gasteiger partial charge is 0.309 e. The zero-order chi connectivity index (χ0) is 20.1. The number of ketones is 2. The van der Waals surface area contributed by atoms with Gasteiger partial charge in [0, 0.05) is 23.7 Å². The first-order chi connectivity index (χ1) is 14.5. The molecule has 0 radical (unpaired) electrons. The van der Waals surface area contributed by atoms with Crippen molar-refractivity contribution >= 4 is 23.5 Å². The van der Waals surface area contributed by atoms with Crippen LogP contribution in [0.1, 0.15) is 0 Å². The summed E-state index contributed by atoms with van der Waals surface area (Å²) in [6.45, 7) is 0. The zero-order valence-electron chi connectivity index (χ0n) is 16.7. The van der Waals surface area contributed by atoms with E-state index in [4.69, 9.17) is 9.47 Å². The van der Waals surface area contributed by atoms with Gasteiger partial charge in [-0.1, -0.05) is 11.1 Å². The van der Waals surface area contributed by atoms with Crippen LogP contribution in [-0.2, 0) is 28.7 Å².